The highest BCUT2D eigenvalue weighted by atomic mass is 35.5. The van der Waals surface area contributed by atoms with E-state index in [4.69, 9.17) is 16.3 Å². The van der Waals surface area contributed by atoms with Crippen LogP contribution in [0.4, 0.5) is 5.69 Å². The molecule has 0 aliphatic carbocycles. The highest BCUT2D eigenvalue weighted by molar-refractivity contribution is 7.90. The SMILES string of the molecule is CCOC(=O)c1ccc(NC(=O)Cn2cc(S(=O)(=O)Cc3ccc(Cl)cc3)c3ccccc32)cc1. The number of carbonyl (C=O) groups is 2. The summed E-state index contributed by atoms with van der Waals surface area (Å²) in [6, 6.07) is 20.1. The van der Waals surface area contributed by atoms with Gasteiger partial charge in [-0.15, -0.1) is 0 Å². The molecule has 0 saturated carbocycles. The number of sulfone groups is 1. The standard InChI is InChI=1S/C26H23ClN2O5S/c1-2-34-26(31)19-9-13-21(14-10-19)28-25(30)16-29-15-24(22-5-3-4-6-23(22)29)35(32,33)17-18-7-11-20(27)12-8-18/h3-15H,2,16-17H2,1H3,(H,28,30). The van der Waals surface area contributed by atoms with Gasteiger partial charge in [0.2, 0.25) is 5.91 Å². The molecule has 0 atom stereocenters. The van der Waals surface area contributed by atoms with Crippen molar-refractivity contribution in [3.63, 3.8) is 0 Å². The van der Waals surface area contributed by atoms with E-state index in [1.165, 1.54) is 6.20 Å². The van der Waals surface area contributed by atoms with Gasteiger partial charge in [0.15, 0.2) is 9.84 Å². The molecular formula is C26H23ClN2O5S. The summed E-state index contributed by atoms with van der Waals surface area (Å²) in [5.41, 5.74) is 2.15. The van der Waals surface area contributed by atoms with Crippen molar-refractivity contribution in [3.8, 4) is 0 Å². The van der Waals surface area contributed by atoms with Gasteiger partial charge in [-0.1, -0.05) is 41.9 Å². The molecule has 35 heavy (non-hydrogen) atoms. The number of esters is 1. The first-order chi connectivity index (χ1) is 16.8. The summed E-state index contributed by atoms with van der Waals surface area (Å²) in [7, 11) is -3.68. The number of anilines is 1. The second kappa shape index (κ2) is 10.3. The molecule has 3 aromatic carbocycles. The van der Waals surface area contributed by atoms with E-state index in [0.717, 1.165) is 0 Å². The van der Waals surface area contributed by atoms with Gasteiger partial charge in [-0.3, -0.25) is 4.79 Å². The molecule has 0 saturated heterocycles. The highest BCUT2D eigenvalue weighted by Gasteiger charge is 2.22. The van der Waals surface area contributed by atoms with Crippen LogP contribution in [-0.2, 0) is 31.7 Å². The van der Waals surface area contributed by atoms with E-state index < -0.39 is 15.8 Å². The lowest BCUT2D eigenvalue weighted by Gasteiger charge is -2.08. The van der Waals surface area contributed by atoms with Crippen LogP contribution in [0.3, 0.4) is 0 Å². The van der Waals surface area contributed by atoms with E-state index in [1.54, 1.807) is 84.3 Å². The quantitative estimate of drug-likeness (QED) is 0.333. The van der Waals surface area contributed by atoms with Crippen LogP contribution in [-0.4, -0.2) is 31.5 Å². The first kappa shape index (κ1) is 24.5. The number of hydrogen-bond acceptors (Lipinski definition) is 5. The molecule has 4 rings (SSSR count). The van der Waals surface area contributed by atoms with Gasteiger partial charge in [-0.2, -0.15) is 0 Å². The van der Waals surface area contributed by atoms with E-state index in [1.807, 2.05) is 0 Å². The Labute approximate surface area is 208 Å². The Hall–Kier alpha value is -3.62. The van der Waals surface area contributed by atoms with Crippen LogP contribution in [0, 0.1) is 0 Å². The van der Waals surface area contributed by atoms with Crippen molar-refractivity contribution >= 4 is 49.9 Å². The number of aromatic nitrogens is 1. The predicted octanol–water partition coefficient (Wildman–Crippen LogP) is 5.08. The van der Waals surface area contributed by atoms with Crippen molar-refractivity contribution in [2.45, 2.75) is 24.1 Å². The third kappa shape index (κ3) is 5.72. The van der Waals surface area contributed by atoms with Crippen molar-refractivity contribution in [2.24, 2.45) is 0 Å². The summed E-state index contributed by atoms with van der Waals surface area (Å²) in [6.45, 7) is 1.92. The molecule has 0 aliphatic rings. The summed E-state index contributed by atoms with van der Waals surface area (Å²) >= 11 is 5.91. The highest BCUT2D eigenvalue weighted by Crippen LogP contribution is 2.28. The molecule has 9 heteroatoms. The van der Waals surface area contributed by atoms with Crippen molar-refractivity contribution < 1.29 is 22.7 Å². The normalized spacial score (nSPS) is 11.4. The minimum atomic E-state index is -3.68. The molecule has 4 aromatic rings. The second-order valence-electron chi connectivity index (χ2n) is 7.87. The number of nitrogens with one attached hydrogen (secondary N) is 1. The number of benzene rings is 3. The lowest BCUT2D eigenvalue weighted by molar-refractivity contribution is -0.116. The minimum Gasteiger partial charge on any atom is -0.462 e. The molecule has 1 amide bonds. The third-order valence-corrected chi connectivity index (χ3v) is 7.31. The molecule has 1 aromatic heterocycles. The maximum atomic E-state index is 13.2. The van der Waals surface area contributed by atoms with E-state index in [2.05, 4.69) is 5.32 Å². The molecule has 180 valence electrons. The first-order valence-electron chi connectivity index (χ1n) is 10.9. The number of ether oxygens (including phenoxy) is 1. The van der Waals surface area contributed by atoms with Gasteiger partial charge < -0.3 is 14.6 Å². The fourth-order valence-corrected chi connectivity index (χ4v) is 5.44. The van der Waals surface area contributed by atoms with Gasteiger partial charge in [0.05, 0.1) is 22.8 Å². The Bertz CT molecular complexity index is 1480. The number of hydrogen-bond donors (Lipinski definition) is 1. The maximum Gasteiger partial charge on any atom is 0.338 e. The zero-order valence-corrected chi connectivity index (χ0v) is 20.5. The fraction of sp³-hybridized carbons (Fsp3) is 0.154. The number of amides is 1. The van der Waals surface area contributed by atoms with Gasteiger partial charge in [0.25, 0.3) is 0 Å². The molecule has 0 radical (unpaired) electrons. The average Bonchev–Trinajstić information content (AvgIpc) is 3.20. The Morgan fingerprint density at radius 3 is 2.34 bits per heavy atom. The number of halogens is 1. The lowest BCUT2D eigenvalue weighted by Crippen LogP contribution is -2.18. The predicted molar refractivity (Wildman–Crippen MR) is 135 cm³/mol. The van der Waals surface area contributed by atoms with Crippen molar-refractivity contribution in [2.75, 3.05) is 11.9 Å². The van der Waals surface area contributed by atoms with E-state index >= 15 is 0 Å². The van der Waals surface area contributed by atoms with Gasteiger partial charge in [-0.05, 0) is 55.0 Å². The number of nitrogens with zero attached hydrogens (tertiary/aromatic N) is 1. The van der Waals surface area contributed by atoms with Crippen LogP contribution in [0.5, 0.6) is 0 Å². The molecule has 0 spiro atoms. The third-order valence-electron chi connectivity index (χ3n) is 5.35. The van der Waals surface area contributed by atoms with Crippen LogP contribution in [0.1, 0.15) is 22.8 Å². The van der Waals surface area contributed by atoms with Crippen LogP contribution in [0.2, 0.25) is 5.02 Å². The number of rotatable bonds is 8. The first-order valence-corrected chi connectivity index (χ1v) is 12.9. The summed E-state index contributed by atoms with van der Waals surface area (Å²) in [6.07, 6.45) is 1.50. The van der Waals surface area contributed by atoms with E-state index in [-0.39, 0.29) is 29.7 Å². The smallest absolute Gasteiger partial charge is 0.338 e. The molecule has 1 N–H and O–H groups in total. The second-order valence-corrected chi connectivity index (χ2v) is 10.3. The summed E-state index contributed by atoms with van der Waals surface area (Å²) in [5.74, 6) is -0.954. The minimum absolute atomic E-state index is 0.0867. The molecular weight excluding hydrogens is 488 g/mol. The van der Waals surface area contributed by atoms with Crippen molar-refractivity contribution in [1.82, 2.24) is 4.57 Å². The zero-order chi connectivity index (χ0) is 25.0. The van der Waals surface area contributed by atoms with Crippen molar-refractivity contribution in [1.29, 1.82) is 0 Å². The largest absolute Gasteiger partial charge is 0.462 e. The molecule has 0 fully saturated rings. The average molecular weight is 511 g/mol. The topological polar surface area (TPSA) is 94.5 Å². The van der Waals surface area contributed by atoms with Crippen LogP contribution < -0.4 is 5.32 Å². The lowest BCUT2D eigenvalue weighted by atomic mass is 10.2. The summed E-state index contributed by atoms with van der Waals surface area (Å²) in [5, 5.41) is 3.85. The summed E-state index contributed by atoms with van der Waals surface area (Å²) in [4.78, 5) is 24.7. The Morgan fingerprint density at radius 2 is 1.66 bits per heavy atom. The Morgan fingerprint density at radius 1 is 0.971 bits per heavy atom. The molecule has 0 aliphatic heterocycles. The number of carbonyl (C=O) groups excluding carboxylic acids is 2. The van der Waals surface area contributed by atoms with Gasteiger partial charge >= 0.3 is 5.97 Å². The monoisotopic (exact) mass is 510 g/mol. The van der Waals surface area contributed by atoms with E-state index in [0.29, 0.717) is 32.7 Å². The maximum absolute atomic E-state index is 13.2. The van der Waals surface area contributed by atoms with E-state index in [9.17, 15) is 18.0 Å². The molecule has 0 bridgehead atoms. The Balaban J connectivity index is 1.54. The zero-order valence-electron chi connectivity index (χ0n) is 18.9. The van der Waals surface area contributed by atoms with Crippen molar-refractivity contribution in [3.05, 3.63) is 95.1 Å². The number of para-hydroxylation sites is 1. The van der Waals surface area contributed by atoms with Crippen LogP contribution >= 0.6 is 11.6 Å². The van der Waals surface area contributed by atoms with Gasteiger partial charge in [0, 0.05) is 27.8 Å². The number of fused-ring (bicyclic) bond motifs is 1. The molecule has 7 nitrogen and oxygen atoms in total. The molecule has 0 unspecified atom stereocenters. The Kier molecular flexibility index (Phi) is 7.23. The van der Waals surface area contributed by atoms with Crippen LogP contribution in [0.25, 0.3) is 10.9 Å². The molecule has 1 heterocycles. The fourth-order valence-electron chi connectivity index (χ4n) is 3.73. The van der Waals surface area contributed by atoms with Gasteiger partial charge in [-0.25, -0.2) is 13.2 Å². The summed E-state index contributed by atoms with van der Waals surface area (Å²) < 4.78 is 33.1. The van der Waals surface area contributed by atoms with Crippen LogP contribution in [0.15, 0.2) is 83.9 Å². The van der Waals surface area contributed by atoms with Gasteiger partial charge in [0.1, 0.15) is 6.54 Å².